The van der Waals surface area contributed by atoms with Crippen LogP contribution in [-0.2, 0) is 6.54 Å². The first kappa shape index (κ1) is 15.3. The summed E-state index contributed by atoms with van der Waals surface area (Å²) in [6, 6.07) is 6.17. The van der Waals surface area contributed by atoms with Gasteiger partial charge in [0.2, 0.25) is 0 Å². The van der Waals surface area contributed by atoms with Crippen molar-refractivity contribution in [2.75, 3.05) is 33.0 Å². The Labute approximate surface area is 115 Å². The van der Waals surface area contributed by atoms with Crippen molar-refractivity contribution in [3.8, 4) is 5.75 Å². The minimum atomic E-state index is 0.534. The van der Waals surface area contributed by atoms with E-state index in [1.54, 1.807) is 0 Å². The monoisotopic (exact) mass is 268 g/mol. The van der Waals surface area contributed by atoms with Crippen LogP contribution in [-0.4, -0.2) is 37.9 Å². The van der Waals surface area contributed by atoms with Crippen molar-refractivity contribution in [3.63, 3.8) is 0 Å². The molecule has 2 N–H and O–H groups in total. The van der Waals surface area contributed by atoms with Crippen LogP contribution in [0.5, 0.6) is 5.75 Å². The van der Waals surface area contributed by atoms with Crippen LogP contribution in [0.4, 0.5) is 0 Å². The molecule has 0 amide bonds. The van der Waals surface area contributed by atoms with E-state index in [4.69, 9.17) is 10.5 Å². The van der Waals surface area contributed by atoms with Crippen LogP contribution in [0.2, 0.25) is 0 Å². The molecule has 0 saturated heterocycles. The smallest absolute Gasteiger partial charge is 0.124 e. The quantitative estimate of drug-likeness (QED) is 0.581. The topological polar surface area (TPSA) is 38.5 Å². The second-order valence-electron chi connectivity index (χ2n) is 4.38. The van der Waals surface area contributed by atoms with Gasteiger partial charge in [0.1, 0.15) is 5.75 Å². The third-order valence-corrected chi connectivity index (χ3v) is 3.58. The minimum Gasteiger partial charge on any atom is -0.493 e. The maximum absolute atomic E-state index is 5.85. The van der Waals surface area contributed by atoms with Crippen molar-refractivity contribution in [1.29, 1.82) is 0 Å². The van der Waals surface area contributed by atoms with Crippen molar-refractivity contribution >= 4 is 11.8 Å². The van der Waals surface area contributed by atoms with Crippen LogP contribution >= 0.6 is 11.8 Å². The molecule has 0 aliphatic carbocycles. The van der Waals surface area contributed by atoms with Crippen molar-refractivity contribution in [3.05, 3.63) is 23.8 Å². The van der Waals surface area contributed by atoms with Gasteiger partial charge >= 0.3 is 0 Å². The molecular weight excluding hydrogens is 244 g/mol. The summed E-state index contributed by atoms with van der Waals surface area (Å²) in [5.74, 6) is 1.99. The Morgan fingerprint density at radius 3 is 2.72 bits per heavy atom. The van der Waals surface area contributed by atoms with E-state index in [1.165, 1.54) is 4.90 Å². The number of thioether (sulfide) groups is 1. The molecule has 0 unspecified atom stereocenters. The first-order valence-electron chi connectivity index (χ1n) is 6.41. The van der Waals surface area contributed by atoms with Gasteiger partial charge in [0.15, 0.2) is 0 Å². The Bertz CT molecular complexity index is 356. The molecule has 102 valence electrons. The first-order chi connectivity index (χ1) is 8.69. The lowest BCUT2D eigenvalue weighted by Gasteiger charge is -2.15. The molecule has 0 atom stereocenters. The summed E-state index contributed by atoms with van der Waals surface area (Å²) >= 11 is 1.82. The summed E-state index contributed by atoms with van der Waals surface area (Å²) in [5.41, 5.74) is 6.97. The fraction of sp³-hybridized carbons (Fsp3) is 0.571. The molecule has 0 aliphatic rings. The molecule has 1 aromatic carbocycles. The van der Waals surface area contributed by atoms with Gasteiger partial charge in [0.25, 0.3) is 0 Å². The van der Waals surface area contributed by atoms with Crippen molar-refractivity contribution < 1.29 is 4.74 Å². The maximum atomic E-state index is 5.85. The van der Waals surface area contributed by atoms with Gasteiger partial charge in [-0.3, -0.25) is 0 Å². The standard InChI is InChI=1S/C14H24N2OS/c1-4-18-14-8-5-7-13(12(14)11-15)17-10-6-9-16(2)3/h5,7-8H,4,6,9-11,15H2,1-3H3. The van der Waals surface area contributed by atoms with Gasteiger partial charge in [-0.1, -0.05) is 13.0 Å². The van der Waals surface area contributed by atoms with Gasteiger partial charge in [-0.25, -0.2) is 0 Å². The van der Waals surface area contributed by atoms with E-state index in [-0.39, 0.29) is 0 Å². The maximum Gasteiger partial charge on any atom is 0.124 e. The van der Waals surface area contributed by atoms with E-state index in [0.717, 1.165) is 36.6 Å². The molecule has 0 aromatic heterocycles. The molecule has 0 bridgehead atoms. The van der Waals surface area contributed by atoms with Crippen LogP contribution in [0, 0.1) is 0 Å². The van der Waals surface area contributed by atoms with Gasteiger partial charge in [-0.15, -0.1) is 11.8 Å². The van der Waals surface area contributed by atoms with Crippen molar-refractivity contribution in [1.82, 2.24) is 4.90 Å². The largest absolute Gasteiger partial charge is 0.493 e. The molecule has 0 aliphatic heterocycles. The molecule has 0 spiro atoms. The Morgan fingerprint density at radius 2 is 2.11 bits per heavy atom. The lowest BCUT2D eigenvalue weighted by Crippen LogP contribution is -2.16. The predicted molar refractivity (Wildman–Crippen MR) is 79.4 cm³/mol. The average molecular weight is 268 g/mol. The van der Waals surface area contributed by atoms with Crippen LogP contribution in [0.1, 0.15) is 18.9 Å². The zero-order valence-corrected chi connectivity index (χ0v) is 12.4. The lowest BCUT2D eigenvalue weighted by atomic mass is 10.2. The van der Waals surface area contributed by atoms with Gasteiger partial charge < -0.3 is 15.4 Å². The van der Waals surface area contributed by atoms with Gasteiger partial charge in [0, 0.05) is 23.5 Å². The highest BCUT2D eigenvalue weighted by molar-refractivity contribution is 7.99. The molecule has 3 nitrogen and oxygen atoms in total. The second-order valence-corrected chi connectivity index (χ2v) is 5.68. The number of nitrogens with zero attached hydrogens (tertiary/aromatic N) is 1. The summed E-state index contributed by atoms with van der Waals surface area (Å²) in [7, 11) is 4.15. The van der Waals surface area contributed by atoms with Crippen LogP contribution < -0.4 is 10.5 Å². The lowest BCUT2D eigenvalue weighted by molar-refractivity contribution is 0.279. The summed E-state index contributed by atoms with van der Waals surface area (Å²) in [4.78, 5) is 3.40. The first-order valence-corrected chi connectivity index (χ1v) is 7.39. The van der Waals surface area contributed by atoms with Crippen molar-refractivity contribution in [2.24, 2.45) is 5.73 Å². The third-order valence-electron chi connectivity index (χ3n) is 2.60. The summed E-state index contributed by atoms with van der Waals surface area (Å²) in [5, 5.41) is 0. The fourth-order valence-electron chi connectivity index (χ4n) is 1.74. The van der Waals surface area contributed by atoms with Gasteiger partial charge in [-0.05, 0) is 38.4 Å². The molecule has 18 heavy (non-hydrogen) atoms. The normalized spacial score (nSPS) is 10.9. The number of nitrogens with two attached hydrogens (primary N) is 1. The fourth-order valence-corrected chi connectivity index (χ4v) is 2.58. The highest BCUT2D eigenvalue weighted by Crippen LogP contribution is 2.29. The minimum absolute atomic E-state index is 0.534. The van der Waals surface area contributed by atoms with Crippen LogP contribution in [0.15, 0.2) is 23.1 Å². The summed E-state index contributed by atoms with van der Waals surface area (Å²) in [6.45, 7) is 4.47. The molecule has 1 rings (SSSR count). The van der Waals surface area contributed by atoms with Crippen LogP contribution in [0.25, 0.3) is 0 Å². The zero-order chi connectivity index (χ0) is 13.4. The SMILES string of the molecule is CCSc1cccc(OCCCN(C)C)c1CN. The van der Waals surface area contributed by atoms with Crippen molar-refractivity contribution in [2.45, 2.75) is 24.8 Å². The highest BCUT2D eigenvalue weighted by atomic mass is 32.2. The van der Waals surface area contributed by atoms with Crippen LogP contribution in [0.3, 0.4) is 0 Å². The second kappa shape index (κ2) is 8.40. The number of rotatable bonds is 8. The molecule has 0 radical (unpaired) electrons. The summed E-state index contributed by atoms with van der Waals surface area (Å²) in [6.07, 6.45) is 1.03. The van der Waals surface area contributed by atoms with E-state index in [0.29, 0.717) is 6.54 Å². The summed E-state index contributed by atoms with van der Waals surface area (Å²) < 4.78 is 5.85. The number of hydrogen-bond donors (Lipinski definition) is 1. The molecular formula is C14H24N2OS. The number of hydrogen-bond acceptors (Lipinski definition) is 4. The van der Waals surface area contributed by atoms with E-state index in [9.17, 15) is 0 Å². The zero-order valence-electron chi connectivity index (χ0n) is 11.6. The average Bonchev–Trinajstić information content (AvgIpc) is 2.35. The molecule has 0 heterocycles. The highest BCUT2D eigenvalue weighted by Gasteiger charge is 2.07. The third kappa shape index (κ3) is 4.88. The Kier molecular flexibility index (Phi) is 7.16. The Hall–Kier alpha value is -0.710. The van der Waals surface area contributed by atoms with E-state index in [2.05, 4.69) is 32.0 Å². The number of benzene rings is 1. The molecule has 0 fully saturated rings. The van der Waals surface area contributed by atoms with Gasteiger partial charge in [-0.2, -0.15) is 0 Å². The molecule has 0 saturated carbocycles. The Balaban J connectivity index is 2.61. The number of ether oxygens (including phenoxy) is 1. The Morgan fingerprint density at radius 1 is 1.33 bits per heavy atom. The van der Waals surface area contributed by atoms with Gasteiger partial charge in [0.05, 0.1) is 6.61 Å². The molecule has 1 aromatic rings. The predicted octanol–water partition coefficient (Wildman–Crippen LogP) is 2.59. The molecule has 4 heteroatoms. The van der Waals surface area contributed by atoms with E-state index in [1.807, 2.05) is 23.9 Å². The van der Waals surface area contributed by atoms with E-state index < -0.39 is 0 Å². The van der Waals surface area contributed by atoms with E-state index >= 15 is 0 Å².